The van der Waals surface area contributed by atoms with E-state index in [1.807, 2.05) is 78.8 Å². The van der Waals surface area contributed by atoms with E-state index >= 15 is 0 Å². The van der Waals surface area contributed by atoms with Gasteiger partial charge in [0, 0.05) is 24.2 Å². The first-order valence-corrected chi connectivity index (χ1v) is 8.97. The normalized spacial score (nSPS) is 11.7. The van der Waals surface area contributed by atoms with Crippen molar-refractivity contribution in [2.75, 3.05) is 13.1 Å². The molecular weight excluding hydrogens is 324 g/mol. The van der Waals surface area contributed by atoms with Crippen LogP contribution >= 0.6 is 0 Å². The van der Waals surface area contributed by atoms with Gasteiger partial charge in [-0.05, 0) is 52.2 Å². The fourth-order valence-corrected chi connectivity index (χ4v) is 2.18. The molecule has 1 rings (SSSR count). The van der Waals surface area contributed by atoms with Gasteiger partial charge in [0.1, 0.15) is 0 Å². The minimum Gasteiger partial charge on any atom is -0.352 e. The van der Waals surface area contributed by atoms with Gasteiger partial charge in [-0.25, -0.2) is 0 Å². The highest BCUT2D eigenvalue weighted by Crippen LogP contribution is 2.13. The summed E-state index contributed by atoms with van der Waals surface area (Å²) in [6, 6.07) is 7.48. The van der Waals surface area contributed by atoms with Gasteiger partial charge >= 0.3 is 0 Å². The van der Waals surface area contributed by atoms with Gasteiger partial charge in [0.25, 0.3) is 5.91 Å². The summed E-state index contributed by atoms with van der Waals surface area (Å²) in [7, 11) is 0. The summed E-state index contributed by atoms with van der Waals surface area (Å²) >= 11 is 0. The van der Waals surface area contributed by atoms with Crippen LogP contribution in [0.4, 0.5) is 0 Å². The van der Waals surface area contributed by atoms with E-state index in [2.05, 4.69) is 10.6 Å². The Morgan fingerprint density at radius 2 is 1.50 bits per heavy atom. The van der Waals surface area contributed by atoms with Gasteiger partial charge in [-0.15, -0.1) is 0 Å². The van der Waals surface area contributed by atoms with E-state index in [4.69, 9.17) is 0 Å². The lowest BCUT2D eigenvalue weighted by atomic mass is 9.93. The third kappa shape index (κ3) is 7.26. The molecule has 0 aliphatic rings. The summed E-state index contributed by atoms with van der Waals surface area (Å²) in [5, 5.41) is 5.90. The number of rotatable bonds is 7. The zero-order chi connectivity index (χ0) is 19.9. The van der Waals surface area contributed by atoms with Gasteiger partial charge in [0.2, 0.25) is 5.91 Å². The minimum atomic E-state index is -0.248. The molecule has 0 aliphatic heterocycles. The number of nitrogens with one attached hydrogen (secondary N) is 2. The Hall–Kier alpha value is -2.36. The van der Waals surface area contributed by atoms with Crippen LogP contribution in [0.1, 0.15) is 57.5 Å². The average molecular weight is 357 g/mol. The molecule has 0 heterocycles. The van der Waals surface area contributed by atoms with Crippen molar-refractivity contribution in [1.29, 1.82) is 0 Å². The first-order valence-electron chi connectivity index (χ1n) is 8.97. The predicted octanol–water partition coefficient (Wildman–Crippen LogP) is 4.17. The maximum Gasteiger partial charge on any atom is 0.251 e. The Morgan fingerprint density at radius 1 is 0.962 bits per heavy atom. The van der Waals surface area contributed by atoms with Crippen molar-refractivity contribution in [1.82, 2.24) is 10.6 Å². The molecule has 0 aliphatic carbocycles. The topological polar surface area (TPSA) is 58.2 Å². The molecule has 1 aromatic rings. The van der Waals surface area contributed by atoms with E-state index in [9.17, 15) is 9.59 Å². The van der Waals surface area contributed by atoms with Crippen molar-refractivity contribution >= 4 is 11.8 Å². The van der Waals surface area contributed by atoms with Gasteiger partial charge < -0.3 is 10.6 Å². The summed E-state index contributed by atoms with van der Waals surface area (Å²) in [4.78, 5) is 24.5. The van der Waals surface area contributed by atoms with Crippen molar-refractivity contribution in [3.8, 4) is 0 Å². The fourth-order valence-electron chi connectivity index (χ4n) is 2.18. The van der Waals surface area contributed by atoms with Crippen LogP contribution in [0.5, 0.6) is 0 Å². The molecular formula is C22H32N2O2. The van der Waals surface area contributed by atoms with E-state index in [1.165, 1.54) is 5.57 Å². The zero-order valence-corrected chi connectivity index (χ0v) is 17.1. The fraction of sp³-hybridized carbons (Fsp3) is 0.455. The van der Waals surface area contributed by atoms with Crippen molar-refractivity contribution in [2.45, 2.75) is 48.5 Å². The third-order valence-electron chi connectivity index (χ3n) is 4.35. The SMILES string of the molecule is CC(C)=C(C)/C=C(\C)C(=O)NCC(C)(C)CNC(=O)c1ccc(C)cc1. The molecule has 0 saturated carbocycles. The van der Waals surface area contributed by atoms with Gasteiger partial charge in [-0.2, -0.15) is 0 Å². The van der Waals surface area contributed by atoms with Gasteiger partial charge in [0.05, 0.1) is 0 Å². The van der Waals surface area contributed by atoms with Crippen molar-refractivity contribution < 1.29 is 9.59 Å². The molecule has 0 saturated heterocycles. The first-order chi connectivity index (χ1) is 12.0. The molecule has 0 spiro atoms. The first kappa shape index (κ1) is 21.7. The van der Waals surface area contributed by atoms with Crippen LogP contribution < -0.4 is 10.6 Å². The highest BCUT2D eigenvalue weighted by Gasteiger charge is 2.20. The number of hydrogen-bond donors (Lipinski definition) is 2. The Labute approximate surface area is 157 Å². The summed E-state index contributed by atoms with van der Waals surface area (Å²) < 4.78 is 0. The minimum absolute atomic E-state index is 0.0801. The van der Waals surface area contributed by atoms with E-state index in [0.717, 1.165) is 11.1 Å². The molecule has 0 fully saturated rings. The number of benzene rings is 1. The number of carbonyl (C=O) groups is 2. The number of allylic oxidation sites excluding steroid dienone is 3. The molecule has 4 nitrogen and oxygen atoms in total. The molecule has 0 atom stereocenters. The van der Waals surface area contributed by atoms with Crippen molar-refractivity contribution in [3.63, 3.8) is 0 Å². The highest BCUT2D eigenvalue weighted by molar-refractivity contribution is 5.94. The van der Waals surface area contributed by atoms with Crippen LogP contribution in [0.25, 0.3) is 0 Å². The number of aryl methyl sites for hydroxylation is 1. The number of carbonyl (C=O) groups excluding carboxylic acids is 2. The second-order valence-electron chi connectivity index (χ2n) is 7.91. The summed E-state index contributed by atoms with van der Waals surface area (Å²) in [5.74, 6) is -0.178. The molecule has 0 aromatic heterocycles. The van der Waals surface area contributed by atoms with Crippen LogP contribution in [-0.4, -0.2) is 24.9 Å². The lowest BCUT2D eigenvalue weighted by Crippen LogP contribution is -2.42. The predicted molar refractivity (Wildman–Crippen MR) is 108 cm³/mol. The maximum atomic E-state index is 12.2. The van der Waals surface area contributed by atoms with E-state index < -0.39 is 0 Å². The van der Waals surface area contributed by atoms with Gasteiger partial charge in [-0.3, -0.25) is 9.59 Å². The molecule has 0 bridgehead atoms. The molecule has 2 amide bonds. The van der Waals surface area contributed by atoms with E-state index in [0.29, 0.717) is 24.2 Å². The second-order valence-corrected chi connectivity index (χ2v) is 7.91. The number of hydrogen-bond acceptors (Lipinski definition) is 2. The van der Waals surface area contributed by atoms with Crippen molar-refractivity contribution in [2.24, 2.45) is 5.41 Å². The molecule has 4 heteroatoms. The van der Waals surface area contributed by atoms with Crippen LogP contribution in [0, 0.1) is 12.3 Å². The standard InChI is InChI=1S/C22H32N2O2/c1-15(2)17(4)12-18(5)20(25)23-13-22(6,7)14-24-21(26)19-10-8-16(3)9-11-19/h8-12H,13-14H2,1-7H3,(H,23,25)(H,24,26)/b18-12+. The Balaban J connectivity index is 2.55. The zero-order valence-electron chi connectivity index (χ0n) is 17.1. The Kier molecular flexibility index (Phi) is 7.81. The van der Waals surface area contributed by atoms with Crippen molar-refractivity contribution in [3.05, 3.63) is 58.2 Å². The molecule has 142 valence electrons. The molecule has 1 aromatic carbocycles. The smallest absolute Gasteiger partial charge is 0.251 e. The molecule has 26 heavy (non-hydrogen) atoms. The molecule has 0 unspecified atom stereocenters. The Bertz CT molecular complexity index is 706. The average Bonchev–Trinajstić information content (AvgIpc) is 2.58. The third-order valence-corrected chi connectivity index (χ3v) is 4.35. The Morgan fingerprint density at radius 3 is 2.04 bits per heavy atom. The van der Waals surface area contributed by atoms with Crippen LogP contribution in [0.3, 0.4) is 0 Å². The number of amides is 2. The van der Waals surface area contributed by atoms with Crippen LogP contribution in [-0.2, 0) is 4.79 Å². The lowest BCUT2D eigenvalue weighted by Gasteiger charge is -2.25. The summed E-state index contributed by atoms with van der Waals surface area (Å²) in [6.07, 6.45) is 1.90. The lowest BCUT2D eigenvalue weighted by molar-refractivity contribution is -0.117. The second kappa shape index (κ2) is 9.37. The van der Waals surface area contributed by atoms with Gasteiger partial charge in [-0.1, -0.05) is 48.8 Å². The summed E-state index contributed by atoms with van der Waals surface area (Å²) in [6.45, 7) is 14.8. The molecule has 2 N–H and O–H groups in total. The monoisotopic (exact) mass is 356 g/mol. The largest absolute Gasteiger partial charge is 0.352 e. The van der Waals surface area contributed by atoms with Crippen LogP contribution in [0.15, 0.2) is 47.1 Å². The quantitative estimate of drug-likeness (QED) is 0.569. The van der Waals surface area contributed by atoms with E-state index in [1.54, 1.807) is 0 Å². The maximum absolute atomic E-state index is 12.2. The van der Waals surface area contributed by atoms with E-state index in [-0.39, 0.29) is 17.2 Å². The van der Waals surface area contributed by atoms with Crippen LogP contribution in [0.2, 0.25) is 0 Å². The summed E-state index contributed by atoms with van der Waals surface area (Å²) in [5.41, 5.74) is 4.49. The highest BCUT2D eigenvalue weighted by atomic mass is 16.2. The van der Waals surface area contributed by atoms with Gasteiger partial charge in [0.15, 0.2) is 0 Å². The molecule has 0 radical (unpaired) electrons.